The van der Waals surface area contributed by atoms with Gasteiger partial charge in [-0.25, -0.2) is 0 Å². The molecule has 0 saturated carbocycles. The van der Waals surface area contributed by atoms with Crippen molar-refractivity contribution >= 4 is 42.8 Å². The topological polar surface area (TPSA) is 86.7 Å². The maximum atomic E-state index is 12.3. The van der Waals surface area contributed by atoms with Crippen LogP contribution in [0.3, 0.4) is 0 Å². The Morgan fingerprint density at radius 1 is 0.762 bits per heavy atom. The lowest BCUT2D eigenvalue weighted by atomic mass is 10.3. The van der Waals surface area contributed by atoms with Crippen molar-refractivity contribution in [3.8, 4) is 11.5 Å². The highest BCUT2D eigenvalue weighted by molar-refractivity contribution is 14.1. The van der Waals surface area contributed by atoms with E-state index >= 15 is 0 Å². The number of fused-ring (bicyclic) bond motifs is 2. The number of hydrogen-bond donors (Lipinski definition) is 0. The van der Waals surface area contributed by atoms with Crippen LogP contribution in [0.15, 0.2) is 52.3 Å². The van der Waals surface area contributed by atoms with Gasteiger partial charge in [-0.2, -0.15) is 16.8 Å². The fourth-order valence-electron chi connectivity index (χ4n) is 1.81. The lowest BCUT2D eigenvalue weighted by molar-refractivity contribution is 0.442. The third-order valence-electron chi connectivity index (χ3n) is 2.71. The van der Waals surface area contributed by atoms with Crippen LogP contribution in [0.25, 0.3) is 0 Å². The molecule has 0 unspecified atom stereocenters. The Morgan fingerprint density at radius 2 is 1.38 bits per heavy atom. The van der Waals surface area contributed by atoms with E-state index in [0.29, 0.717) is 3.57 Å². The van der Waals surface area contributed by atoms with Crippen molar-refractivity contribution in [3.05, 3.63) is 46.0 Å². The Bertz CT molecular complexity index is 934. The zero-order valence-electron chi connectivity index (χ0n) is 10.2. The van der Waals surface area contributed by atoms with Gasteiger partial charge in [0, 0.05) is 0 Å². The van der Waals surface area contributed by atoms with Gasteiger partial charge in [0.1, 0.15) is 4.90 Å². The first-order valence-corrected chi connectivity index (χ1v) is 9.47. The molecule has 0 aliphatic carbocycles. The number of rotatable bonds is 0. The number of halogens is 1. The van der Waals surface area contributed by atoms with E-state index in [-0.39, 0.29) is 21.3 Å². The van der Waals surface area contributed by atoms with Gasteiger partial charge in [0.05, 0.1) is 3.57 Å². The second kappa shape index (κ2) is 4.85. The number of benzene rings is 2. The first kappa shape index (κ1) is 14.6. The van der Waals surface area contributed by atoms with Gasteiger partial charge in [-0.1, -0.05) is 18.2 Å². The summed E-state index contributed by atoms with van der Waals surface area (Å²) in [5.41, 5.74) is 0. The van der Waals surface area contributed by atoms with Crippen LogP contribution in [0.1, 0.15) is 0 Å². The van der Waals surface area contributed by atoms with E-state index in [1.54, 1.807) is 22.6 Å². The second-order valence-electron chi connectivity index (χ2n) is 4.09. The predicted molar refractivity (Wildman–Crippen MR) is 81.2 cm³/mol. The monoisotopic (exact) mass is 438 g/mol. The normalized spacial score (nSPS) is 18.1. The van der Waals surface area contributed by atoms with Crippen LogP contribution in [0.5, 0.6) is 11.5 Å². The van der Waals surface area contributed by atoms with E-state index in [4.69, 9.17) is 8.37 Å². The van der Waals surface area contributed by atoms with E-state index in [1.165, 1.54) is 42.5 Å². The molecule has 2 aromatic carbocycles. The van der Waals surface area contributed by atoms with Crippen LogP contribution in [-0.2, 0) is 20.2 Å². The molecule has 2 aromatic rings. The van der Waals surface area contributed by atoms with Crippen molar-refractivity contribution in [2.75, 3.05) is 0 Å². The summed E-state index contributed by atoms with van der Waals surface area (Å²) in [4.78, 5) is -0.661. The maximum Gasteiger partial charge on any atom is 0.343 e. The maximum absolute atomic E-state index is 12.3. The average molecular weight is 438 g/mol. The predicted octanol–water partition coefficient (Wildman–Crippen LogP) is 2.14. The second-order valence-corrected chi connectivity index (χ2v) is 8.28. The minimum atomic E-state index is -4.18. The lowest BCUT2D eigenvalue weighted by Crippen LogP contribution is -2.21. The fourth-order valence-corrected chi connectivity index (χ4v) is 5.04. The molecular formula is C12H7IO6S2. The molecule has 1 heterocycles. The van der Waals surface area contributed by atoms with Gasteiger partial charge < -0.3 is 8.37 Å². The molecule has 1 aliphatic heterocycles. The minimum absolute atomic E-state index is 0.257. The number of hydrogen-bond acceptors (Lipinski definition) is 6. The molecule has 1 aliphatic rings. The molecule has 9 heteroatoms. The first-order valence-electron chi connectivity index (χ1n) is 5.58. The molecule has 0 aromatic heterocycles. The summed E-state index contributed by atoms with van der Waals surface area (Å²) in [7, 11) is -8.36. The van der Waals surface area contributed by atoms with E-state index in [9.17, 15) is 16.8 Å². The number of para-hydroxylation sites is 2. The quantitative estimate of drug-likeness (QED) is 0.463. The van der Waals surface area contributed by atoms with Crippen LogP contribution >= 0.6 is 22.6 Å². The fraction of sp³-hybridized carbons (Fsp3) is 0. The molecule has 0 saturated heterocycles. The van der Waals surface area contributed by atoms with Crippen LogP contribution in [0, 0.1) is 3.57 Å². The van der Waals surface area contributed by atoms with E-state index < -0.39 is 20.2 Å². The van der Waals surface area contributed by atoms with E-state index in [2.05, 4.69) is 0 Å². The summed E-state index contributed by atoms with van der Waals surface area (Å²) in [6.45, 7) is 0. The van der Waals surface area contributed by atoms with Gasteiger partial charge in [-0.15, -0.1) is 0 Å². The highest BCUT2D eigenvalue weighted by Crippen LogP contribution is 2.38. The summed E-state index contributed by atoms with van der Waals surface area (Å²) in [6.07, 6.45) is 0. The third-order valence-corrected chi connectivity index (χ3v) is 6.08. The standard InChI is InChI=1S/C12H7IO6S2/c13-8-4-3-7-11-12(8)19-20(14,15)10-6-2-1-5-9(10)18-21(11,16)17/h1-7H. The molecule has 0 bridgehead atoms. The minimum Gasteiger partial charge on any atom is -0.377 e. The lowest BCUT2D eigenvalue weighted by Gasteiger charge is -2.18. The molecule has 21 heavy (non-hydrogen) atoms. The molecule has 110 valence electrons. The molecule has 0 amide bonds. The SMILES string of the molecule is O=S1(=O)Oc2c(I)cccc2S(=O)(=O)Oc2ccccc21. The van der Waals surface area contributed by atoms with E-state index in [1.807, 2.05) is 0 Å². The van der Waals surface area contributed by atoms with Gasteiger partial charge >= 0.3 is 20.2 Å². The highest BCUT2D eigenvalue weighted by Gasteiger charge is 2.34. The van der Waals surface area contributed by atoms with Crippen LogP contribution in [0.4, 0.5) is 0 Å². The summed E-state index contributed by atoms with van der Waals surface area (Å²) in [5.74, 6) is -0.547. The summed E-state index contributed by atoms with van der Waals surface area (Å²) in [6, 6.07) is 9.66. The van der Waals surface area contributed by atoms with Gasteiger partial charge in [0.2, 0.25) is 0 Å². The van der Waals surface area contributed by atoms with Gasteiger partial charge in [-0.3, -0.25) is 0 Å². The molecule has 0 fully saturated rings. The molecule has 0 spiro atoms. The van der Waals surface area contributed by atoms with Gasteiger partial charge in [0.15, 0.2) is 16.4 Å². The highest BCUT2D eigenvalue weighted by atomic mass is 127. The van der Waals surface area contributed by atoms with Gasteiger partial charge in [0.25, 0.3) is 0 Å². The summed E-state index contributed by atoms with van der Waals surface area (Å²) < 4.78 is 59.4. The van der Waals surface area contributed by atoms with Crippen molar-refractivity contribution in [2.24, 2.45) is 0 Å². The van der Waals surface area contributed by atoms with Crippen molar-refractivity contribution in [1.82, 2.24) is 0 Å². The summed E-state index contributed by atoms with van der Waals surface area (Å²) in [5, 5.41) is 0. The van der Waals surface area contributed by atoms with Crippen molar-refractivity contribution < 1.29 is 25.2 Å². The average Bonchev–Trinajstić information content (AvgIpc) is 2.39. The zero-order valence-corrected chi connectivity index (χ0v) is 14.0. The third kappa shape index (κ3) is 2.49. The summed E-state index contributed by atoms with van der Waals surface area (Å²) >= 11 is 1.80. The van der Waals surface area contributed by atoms with Crippen LogP contribution in [0.2, 0.25) is 0 Å². The Kier molecular flexibility index (Phi) is 3.37. The van der Waals surface area contributed by atoms with Crippen LogP contribution in [-0.4, -0.2) is 16.8 Å². The Balaban J connectivity index is 2.37. The molecule has 6 nitrogen and oxygen atoms in total. The first-order chi connectivity index (χ1) is 9.81. The Morgan fingerprint density at radius 3 is 2.14 bits per heavy atom. The molecule has 0 atom stereocenters. The van der Waals surface area contributed by atoms with Crippen LogP contribution < -0.4 is 8.37 Å². The molecular weight excluding hydrogens is 431 g/mol. The van der Waals surface area contributed by atoms with E-state index in [0.717, 1.165) is 0 Å². The van der Waals surface area contributed by atoms with Crippen molar-refractivity contribution in [2.45, 2.75) is 9.79 Å². The van der Waals surface area contributed by atoms with Crippen molar-refractivity contribution in [1.29, 1.82) is 0 Å². The largest absolute Gasteiger partial charge is 0.377 e. The Hall–Kier alpha value is -1.33. The zero-order chi connectivity index (χ0) is 15.3. The molecule has 0 radical (unpaired) electrons. The van der Waals surface area contributed by atoms with Gasteiger partial charge in [-0.05, 0) is 46.9 Å². The van der Waals surface area contributed by atoms with Crippen molar-refractivity contribution in [3.63, 3.8) is 0 Å². The smallest absolute Gasteiger partial charge is 0.343 e. The molecule has 3 rings (SSSR count). The molecule has 0 N–H and O–H groups in total. The Labute approximate surface area is 135 Å².